The van der Waals surface area contributed by atoms with Crippen molar-refractivity contribution in [2.24, 2.45) is 10.2 Å². The first-order chi connectivity index (χ1) is 8.83. The van der Waals surface area contributed by atoms with Gasteiger partial charge in [0.15, 0.2) is 0 Å². The van der Waals surface area contributed by atoms with Crippen LogP contribution in [0.5, 0.6) is 0 Å². The molecule has 0 amide bonds. The van der Waals surface area contributed by atoms with Crippen LogP contribution in [0.4, 0.5) is 17.3 Å². The number of hydrogen-bond donors (Lipinski definition) is 1. The number of H-pyrrole nitrogens is 1. The van der Waals surface area contributed by atoms with Gasteiger partial charge in [-0.15, -0.1) is 15.3 Å². The van der Waals surface area contributed by atoms with E-state index in [0.717, 1.165) is 18.8 Å². The maximum atomic E-state index is 4.02. The van der Waals surface area contributed by atoms with Crippen molar-refractivity contribution in [1.29, 1.82) is 0 Å². The van der Waals surface area contributed by atoms with Crippen LogP contribution in [0.15, 0.2) is 34.5 Å². The first kappa shape index (κ1) is 12.2. The van der Waals surface area contributed by atoms with Crippen molar-refractivity contribution in [1.82, 2.24) is 20.6 Å². The third kappa shape index (κ3) is 2.88. The normalized spacial score (nSPS) is 11.0. The standard InChI is InChI=1S/C11H15N7/c1-3-18(4-2)10-7-5-9(6-8-10)12-13-11-14-16-17-15-11/h5-8H,3-4H2,1-2H3,(H,14,15,16,17). The third-order valence-corrected chi connectivity index (χ3v) is 2.57. The summed E-state index contributed by atoms with van der Waals surface area (Å²) in [7, 11) is 0. The average Bonchev–Trinajstić information content (AvgIpc) is 2.92. The molecule has 1 N–H and O–H groups in total. The molecule has 0 bridgehead atoms. The molecule has 0 aliphatic heterocycles. The number of aromatic nitrogens is 4. The molecule has 1 aromatic carbocycles. The highest BCUT2D eigenvalue weighted by Crippen LogP contribution is 2.20. The molecule has 1 heterocycles. The molecule has 0 atom stereocenters. The zero-order valence-corrected chi connectivity index (χ0v) is 10.4. The molecule has 0 saturated carbocycles. The van der Waals surface area contributed by atoms with Crippen molar-refractivity contribution < 1.29 is 0 Å². The molecule has 0 unspecified atom stereocenters. The van der Waals surface area contributed by atoms with E-state index in [1.807, 2.05) is 24.3 Å². The molecular formula is C11H15N7. The summed E-state index contributed by atoms with van der Waals surface area (Å²) in [5, 5.41) is 21.0. The van der Waals surface area contributed by atoms with Gasteiger partial charge in [-0.05, 0) is 43.3 Å². The van der Waals surface area contributed by atoms with Crippen molar-refractivity contribution in [2.75, 3.05) is 18.0 Å². The lowest BCUT2D eigenvalue weighted by molar-refractivity contribution is 0.866. The highest BCUT2D eigenvalue weighted by atomic mass is 15.5. The van der Waals surface area contributed by atoms with Gasteiger partial charge in [0, 0.05) is 18.8 Å². The van der Waals surface area contributed by atoms with Crippen molar-refractivity contribution >= 4 is 17.3 Å². The first-order valence-corrected chi connectivity index (χ1v) is 5.83. The van der Waals surface area contributed by atoms with Crippen LogP contribution in [0.25, 0.3) is 0 Å². The van der Waals surface area contributed by atoms with Crippen LogP contribution in [0.2, 0.25) is 0 Å². The topological polar surface area (TPSA) is 82.4 Å². The van der Waals surface area contributed by atoms with E-state index in [2.05, 4.69) is 49.6 Å². The molecule has 0 aliphatic rings. The quantitative estimate of drug-likeness (QED) is 0.820. The molecule has 2 rings (SSSR count). The summed E-state index contributed by atoms with van der Waals surface area (Å²) in [5.41, 5.74) is 1.94. The van der Waals surface area contributed by atoms with Gasteiger partial charge in [0.05, 0.1) is 5.69 Å². The Bertz CT molecular complexity index is 485. The number of benzene rings is 1. The van der Waals surface area contributed by atoms with Crippen molar-refractivity contribution in [3.8, 4) is 0 Å². The predicted octanol–water partition coefficient (Wildman–Crippen LogP) is 2.46. The van der Waals surface area contributed by atoms with E-state index in [1.54, 1.807) is 0 Å². The minimum Gasteiger partial charge on any atom is -0.372 e. The highest BCUT2D eigenvalue weighted by molar-refractivity contribution is 5.52. The number of anilines is 1. The van der Waals surface area contributed by atoms with Crippen LogP contribution < -0.4 is 4.90 Å². The van der Waals surface area contributed by atoms with Gasteiger partial charge < -0.3 is 4.90 Å². The third-order valence-electron chi connectivity index (χ3n) is 2.57. The Kier molecular flexibility index (Phi) is 3.95. The monoisotopic (exact) mass is 245 g/mol. The molecule has 1 aromatic heterocycles. The summed E-state index contributed by atoms with van der Waals surface area (Å²) in [5.74, 6) is 0.225. The number of nitrogens with zero attached hydrogens (tertiary/aromatic N) is 6. The summed E-state index contributed by atoms with van der Waals surface area (Å²) in [6, 6.07) is 7.88. The van der Waals surface area contributed by atoms with Gasteiger partial charge in [-0.1, -0.05) is 5.10 Å². The fraction of sp³-hybridized carbons (Fsp3) is 0.364. The van der Waals surface area contributed by atoms with E-state index in [-0.39, 0.29) is 5.95 Å². The Hall–Kier alpha value is -2.31. The first-order valence-electron chi connectivity index (χ1n) is 5.83. The van der Waals surface area contributed by atoms with E-state index in [1.165, 1.54) is 5.69 Å². The Morgan fingerprint density at radius 3 is 2.39 bits per heavy atom. The van der Waals surface area contributed by atoms with Gasteiger partial charge in [-0.3, -0.25) is 0 Å². The van der Waals surface area contributed by atoms with E-state index >= 15 is 0 Å². The number of tetrazole rings is 1. The van der Waals surface area contributed by atoms with Gasteiger partial charge in [0.25, 0.3) is 0 Å². The summed E-state index contributed by atoms with van der Waals surface area (Å²) in [4.78, 5) is 2.26. The van der Waals surface area contributed by atoms with Crippen LogP contribution in [0.3, 0.4) is 0 Å². The van der Waals surface area contributed by atoms with Crippen molar-refractivity contribution in [2.45, 2.75) is 13.8 Å². The average molecular weight is 245 g/mol. The van der Waals surface area contributed by atoms with Crippen molar-refractivity contribution in [3.63, 3.8) is 0 Å². The molecule has 0 radical (unpaired) electrons. The zero-order chi connectivity index (χ0) is 12.8. The fourth-order valence-electron chi connectivity index (χ4n) is 1.62. The van der Waals surface area contributed by atoms with E-state index in [4.69, 9.17) is 0 Å². The lowest BCUT2D eigenvalue weighted by atomic mass is 10.2. The van der Waals surface area contributed by atoms with Gasteiger partial charge in [0.2, 0.25) is 0 Å². The predicted molar refractivity (Wildman–Crippen MR) is 68.4 cm³/mol. The Morgan fingerprint density at radius 1 is 1.11 bits per heavy atom. The van der Waals surface area contributed by atoms with Crippen LogP contribution >= 0.6 is 0 Å². The van der Waals surface area contributed by atoms with E-state index in [9.17, 15) is 0 Å². The minimum absolute atomic E-state index is 0.225. The van der Waals surface area contributed by atoms with Crippen LogP contribution in [-0.2, 0) is 0 Å². The molecule has 0 aliphatic carbocycles. The number of hydrogen-bond acceptors (Lipinski definition) is 6. The Labute approximate surface area is 105 Å². The number of aromatic amines is 1. The van der Waals surface area contributed by atoms with Crippen LogP contribution in [0, 0.1) is 0 Å². The summed E-state index contributed by atoms with van der Waals surface area (Å²) in [6.07, 6.45) is 0. The summed E-state index contributed by atoms with van der Waals surface area (Å²) in [6.45, 7) is 6.24. The summed E-state index contributed by atoms with van der Waals surface area (Å²) >= 11 is 0. The lowest BCUT2D eigenvalue weighted by Crippen LogP contribution is -2.21. The van der Waals surface area contributed by atoms with Gasteiger partial charge in [0.1, 0.15) is 0 Å². The molecule has 0 fully saturated rings. The lowest BCUT2D eigenvalue weighted by Gasteiger charge is -2.20. The Balaban J connectivity index is 2.08. The fourth-order valence-corrected chi connectivity index (χ4v) is 1.62. The van der Waals surface area contributed by atoms with Gasteiger partial charge >= 0.3 is 5.95 Å². The largest absolute Gasteiger partial charge is 0.372 e. The molecule has 7 nitrogen and oxygen atoms in total. The second kappa shape index (κ2) is 5.85. The van der Waals surface area contributed by atoms with Crippen LogP contribution in [-0.4, -0.2) is 33.7 Å². The maximum Gasteiger partial charge on any atom is 0.307 e. The SMILES string of the molecule is CCN(CC)c1ccc(N=Nc2nn[nH]n2)cc1. The smallest absolute Gasteiger partial charge is 0.307 e. The maximum absolute atomic E-state index is 4.02. The molecule has 0 spiro atoms. The summed E-state index contributed by atoms with van der Waals surface area (Å²) < 4.78 is 0. The number of azo groups is 1. The number of nitrogens with one attached hydrogen (secondary N) is 1. The van der Waals surface area contributed by atoms with Crippen LogP contribution in [0.1, 0.15) is 13.8 Å². The highest BCUT2D eigenvalue weighted by Gasteiger charge is 2.01. The van der Waals surface area contributed by atoms with Gasteiger partial charge in [-0.2, -0.15) is 5.21 Å². The van der Waals surface area contributed by atoms with E-state index < -0.39 is 0 Å². The zero-order valence-electron chi connectivity index (χ0n) is 10.4. The molecule has 2 aromatic rings. The Morgan fingerprint density at radius 2 is 1.83 bits per heavy atom. The molecule has 7 heteroatoms. The second-order valence-corrected chi connectivity index (χ2v) is 3.60. The second-order valence-electron chi connectivity index (χ2n) is 3.60. The molecule has 18 heavy (non-hydrogen) atoms. The van der Waals surface area contributed by atoms with E-state index in [0.29, 0.717) is 0 Å². The molecule has 0 saturated heterocycles. The molecular weight excluding hydrogens is 230 g/mol. The molecule has 94 valence electrons. The van der Waals surface area contributed by atoms with Crippen molar-refractivity contribution in [3.05, 3.63) is 24.3 Å². The number of rotatable bonds is 5. The van der Waals surface area contributed by atoms with Gasteiger partial charge in [-0.25, -0.2) is 0 Å². The minimum atomic E-state index is 0.225.